The third-order valence-electron chi connectivity index (χ3n) is 2.90. The first-order valence-electron chi connectivity index (χ1n) is 5.85. The summed E-state index contributed by atoms with van der Waals surface area (Å²) in [6, 6.07) is 1.44. The fourth-order valence-electron chi connectivity index (χ4n) is 2.04. The Morgan fingerprint density at radius 3 is 3.05 bits per heavy atom. The summed E-state index contributed by atoms with van der Waals surface area (Å²) in [5.74, 6) is 2.90. The van der Waals surface area contributed by atoms with Gasteiger partial charge in [-0.2, -0.15) is 0 Å². The summed E-state index contributed by atoms with van der Waals surface area (Å²) >= 11 is 0. The molecule has 1 unspecified atom stereocenters. The number of rotatable bonds is 4. The van der Waals surface area contributed by atoms with E-state index in [-0.39, 0.29) is 10.9 Å². The Balaban J connectivity index is 2.39. The highest BCUT2D eigenvalue weighted by Gasteiger charge is 2.25. The molecule has 1 aliphatic carbocycles. The molecule has 0 radical (unpaired) electrons. The molecular formula is C14H15NO3S. The normalized spacial score (nSPS) is 18.9. The topological polar surface area (TPSA) is 59.3 Å². The molecule has 1 atom stereocenters. The van der Waals surface area contributed by atoms with Crippen molar-refractivity contribution in [1.29, 1.82) is 0 Å². The van der Waals surface area contributed by atoms with Crippen molar-refractivity contribution < 1.29 is 12.8 Å². The predicted molar refractivity (Wildman–Crippen MR) is 74.2 cm³/mol. The first kappa shape index (κ1) is 13.7. The summed E-state index contributed by atoms with van der Waals surface area (Å²) < 4.78 is 28.8. The molecule has 4 nitrogen and oxygen atoms in total. The zero-order chi connectivity index (χ0) is 13.9. The van der Waals surface area contributed by atoms with Gasteiger partial charge in [-0.05, 0) is 12.5 Å². The Kier molecular flexibility index (Phi) is 3.93. The molecule has 1 heterocycles. The van der Waals surface area contributed by atoms with Gasteiger partial charge in [-0.15, -0.1) is 6.42 Å². The van der Waals surface area contributed by atoms with E-state index in [1.807, 2.05) is 18.2 Å². The van der Waals surface area contributed by atoms with Gasteiger partial charge in [-0.1, -0.05) is 24.1 Å². The summed E-state index contributed by atoms with van der Waals surface area (Å²) in [7, 11) is -3.31. The van der Waals surface area contributed by atoms with Crippen LogP contribution >= 0.6 is 0 Å². The Morgan fingerprint density at radius 2 is 2.37 bits per heavy atom. The molecule has 0 bridgehead atoms. The van der Waals surface area contributed by atoms with Crippen LogP contribution in [0.5, 0.6) is 0 Å². The van der Waals surface area contributed by atoms with Crippen molar-refractivity contribution in [1.82, 2.24) is 5.32 Å². The standard InChI is InChI=1S/C14H15NO3S/c1-3-9-15-12-7-5-4-6-11(12)14-13(8-10-18-14)19(2,16)17/h1,4-6,8,10,12,15H,7,9H2,2H3. The molecule has 1 aliphatic rings. The van der Waals surface area contributed by atoms with Gasteiger partial charge in [-0.25, -0.2) is 8.42 Å². The molecule has 0 aromatic carbocycles. The van der Waals surface area contributed by atoms with Crippen LogP contribution in [0.15, 0.2) is 39.9 Å². The molecule has 0 fully saturated rings. The van der Waals surface area contributed by atoms with Crippen LogP contribution in [0, 0.1) is 12.3 Å². The van der Waals surface area contributed by atoms with Crippen molar-refractivity contribution in [3.05, 3.63) is 36.3 Å². The molecule has 0 aliphatic heterocycles. The van der Waals surface area contributed by atoms with Crippen LogP contribution in [0.4, 0.5) is 0 Å². The number of allylic oxidation sites excluding steroid dienone is 2. The van der Waals surface area contributed by atoms with E-state index in [4.69, 9.17) is 10.8 Å². The molecule has 1 aromatic heterocycles. The Hall–Kier alpha value is -1.77. The average Bonchev–Trinajstić information content (AvgIpc) is 2.85. The van der Waals surface area contributed by atoms with Crippen LogP contribution in [0.1, 0.15) is 12.2 Å². The van der Waals surface area contributed by atoms with E-state index in [0.717, 1.165) is 12.0 Å². The molecule has 0 spiro atoms. The molecule has 0 saturated carbocycles. The number of hydrogen-bond acceptors (Lipinski definition) is 4. The van der Waals surface area contributed by atoms with Crippen molar-refractivity contribution in [2.45, 2.75) is 17.4 Å². The van der Waals surface area contributed by atoms with Crippen LogP contribution in [0.3, 0.4) is 0 Å². The van der Waals surface area contributed by atoms with Gasteiger partial charge in [0.05, 0.1) is 12.8 Å². The van der Waals surface area contributed by atoms with Gasteiger partial charge < -0.3 is 4.42 Å². The van der Waals surface area contributed by atoms with Crippen LogP contribution in [-0.2, 0) is 9.84 Å². The minimum Gasteiger partial charge on any atom is -0.463 e. The number of nitrogens with one attached hydrogen (secondary N) is 1. The van der Waals surface area contributed by atoms with E-state index in [0.29, 0.717) is 12.3 Å². The van der Waals surface area contributed by atoms with Gasteiger partial charge in [-0.3, -0.25) is 5.32 Å². The highest BCUT2D eigenvalue weighted by molar-refractivity contribution is 7.90. The molecule has 2 rings (SSSR count). The highest BCUT2D eigenvalue weighted by atomic mass is 32.2. The van der Waals surface area contributed by atoms with Crippen LogP contribution in [0.2, 0.25) is 0 Å². The lowest BCUT2D eigenvalue weighted by atomic mass is 9.97. The van der Waals surface area contributed by atoms with E-state index in [9.17, 15) is 8.42 Å². The van der Waals surface area contributed by atoms with Crippen molar-refractivity contribution in [3.63, 3.8) is 0 Å². The van der Waals surface area contributed by atoms with Gasteiger partial charge in [0.2, 0.25) is 0 Å². The summed E-state index contributed by atoms with van der Waals surface area (Å²) in [5.41, 5.74) is 0.808. The first-order valence-corrected chi connectivity index (χ1v) is 7.74. The van der Waals surface area contributed by atoms with Crippen LogP contribution in [0.25, 0.3) is 5.57 Å². The summed E-state index contributed by atoms with van der Waals surface area (Å²) in [6.07, 6.45) is 14.3. The van der Waals surface area contributed by atoms with Crippen LogP contribution in [-0.4, -0.2) is 27.3 Å². The molecule has 0 amide bonds. The molecule has 1 N–H and O–H groups in total. The van der Waals surface area contributed by atoms with Crippen molar-refractivity contribution in [3.8, 4) is 12.3 Å². The lowest BCUT2D eigenvalue weighted by Crippen LogP contribution is -2.31. The molecule has 1 aromatic rings. The Labute approximate surface area is 113 Å². The fraction of sp³-hybridized carbons (Fsp3) is 0.286. The van der Waals surface area contributed by atoms with Crippen molar-refractivity contribution >= 4 is 15.4 Å². The first-order chi connectivity index (χ1) is 9.04. The maximum absolute atomic E-state index is 11.7. The Bertz CT molecular complexity index is 659. The summed E-state index contributed by atoms with van der Waals surface area (Å²) in [6.45, 7) is 0.421. The Morgan fingerprint density at radius 1 is 1.58 bits per heavy atom. The lowest BCUT2D eigenvalue weighted by Gasteiger charge is -2.21. The lowest BCUT2D eigenvalue weighted by molar-refractivity contribution is 0.527. The number of terminal acetylenes is 1. The summed E-state index contributed by atoms with van der Waals surface area (Å²) in [4.78, 5) is 0.210. The summed E-state index contributed by atoms with van der Waals surface area (Å²) in [5, 5.41) is 3.18. The SMILES string of the molecule is C#CCNC1CC=CC=C1c1occc1S(C)(=O)=O. The van der Waals surface area contributed by atoms with Gasteiger partial charge in [0, 0.05) is 17.9 Å². The van der Waals surface area contributed by atoms with Crippen molar-refractivity contribution in [2.75, 3.05) is 12.8 Å². The highest BCUT2D eigenvalue weighted by Crippen LogP contribution is 2.30. The molecule has 19 heavy (non-hydrogen) atoms. The maximum atomic E-state index is 11.7. The quantitative estimate of drug-likeness (QED) is 0.850. The zero-order valence-electron chi connectivity index (χ0n) is 10.6. The molecule has 100 valence electrons. The fourth-order valence-corrected chi connectivity index (χ4v) is 2.84. The number of furan rings is 1. The second-order valence-electron chi connectivity index (χ2n) is 4.31. The van der Waals surface area contributed by atoms with E-state index in [1.165, 1.54) is 18.6 Å². The largest absolute Gasteiger partial charge is 0.463 e. The van der Waals surface area contributed by atoms with Gasteiger partial charge in [0.25, 0.3) is 0 Å². The second kappa shape index (κ2) is 5.47. The predicted octanol–water partition coefficient (Wildman–Crippen LogP) is 1.62. The van der Waals surface area contributed by atoms with Gasteiger partial charge in [0.15, 0.2) is 9.84 Å². The van der Waals surface area contributed by atoms with Crippen LogP contribution < -0.4 is 5.32 Å². The monoisotopic (exact) mass is 277 g/mol. The maximum Gasteiger partial charge on any atom is 0.179 e. The van der Waals surface area contributed by atoms with E-state index in [1.54, 1.807) is 0 Å². The van der Waals surface area contributed by atoms with E-state index < -0.39 is 9.84 Å². The van der Waals surface area contributed by atoms with E-state index in [2.05, 4.69) is 11.2 Å². The molecule has 5 heteroatoms. The zero-order valence-corrected chi connectivity index (χ0v) is 11.4. The van der Waals surface area contributed by atoms with Gasteiger partial charge >= 0.3 is 0 Å². The third kappa shape index (κ3) is 2.98. The number of hydrogen-bond donors (Lipinski definition) is 1. The van der Waals surface area contributed by atoms with Crippen molar-refractivity contribution in [2.24, 2.45) is 0 Å². The smallest absolute Gasteiger partial charge is 0.179 e. The minimum absolute atomic E-state index is 0.0345. The third-order valence-corrected chi connectivity index (χ3v) is 4.02. The van der Waals surface area contributed by atoms with E-state index >= 15 is 0 Å². The number of sulfone groups is 1. The minimum atomic E-state index is -3.31. The molecular weight excluding hydrogens is 262 g/mol. The molecule has 0 saturated heterocycles. The average molecular weight is 277 g/mol. The van der Waals surface area contributed by atoms with Gasteiger partial charge in [0.1, 0.15) is 10.7 Å². The second-order valence-corrected chi connectivity index (χ2v) is 6.29.